The lowest BCUT2D eigenvalue weighted by molar-refractivity contribution is -0.133. The van der Waals surface area contributed by atoms with Crippen LogP contribution in [0.25, 0.3) is 0 Å². The molecule has 146 valence electrons. The van der Waals surface area contributed by atoms with Gasteiger partial charge in [-0.2, -0.15) is 0 Å². The van der Waals surface area contributed by atoms with E-state index in [0.717, 1.165) is 12.8 Å². The van der Waals surface area contributed by atoms with E-state index in [9.17, 15) is 18.4 Å². The molecule has 2 aromatic carbocycles. The minimum atomic E-state index is -0.481. The molecule has 4 rings (SSSR count). The number of benzene rings is 2. The smallest absolute Gasteiger partial charge is 0.253 e. The lowest BCUT2D eigenvalue weighted by Gasteiger charge is -2.46. The van der Waals surface area contributed by atoms with Crippen LogP contribution >= 0.6 is 0 Å². The van der Waals surface area contributed by atoms with Crippen LogP contribution in [-0.4, -0.2) is 36.3 Å². The zero-order valence-corrected chi connectivity index (χ0v) is 15.5. The van der Waals surface area contributed by atoms with Crippen LogP contribution in [0.4, 0.5) is 14.5 Å². The number of piperidine rings is 2. The van der Waals surface area contributed by atoms with Crippen LogP contribution in [0.2, 0.25) is 0 Å². The number of rotatable bonds is 2. The molecule has 0 bridgehead atoms. The molecular weight excluding hydrogens is 362 g/mol. The molecule has 0 aliphatic carbocycles. The molecule has 2 fully saturated rings. The van der Waals surface area contributed by atoms with Crippen LogP contribution in [0.3, 0.4) is 0 Å². The van der Waals surface area contributed by atoms with Crippen molar-refractivity contribution in [2.75, 3.05) is 24.5 Å². The van der Waals surface area contributed by atoms with Gasteiger partial charge in [-0.15, -0.1) is 0 Å². The van der Waals surface area contributed by atoms with E-state index in [1.54, 1.807) is 28.0 Å². The molecule has 2 aliphatic rings. The second-order valence-corrected chi connectivity index (χ2v) is 7.62. The summed E-state index contributed by atoms with van der Waals surface area (Å²) in [6.07, 6.45) is 2.85. The van der Waals surface area contributed by atoms with Gasteiger partial charge in [0.2, 0.25) is 5.91 Å². The third-order valence-corrected chi connectivity index (χ3v) is 5.95. The Morgan fingerprint density at radius 3 is 2.29 bits per heavy atom. The standard InChI is InChI=1S/C22H22F2N2O2/c23-17-5-7-19(8-6-17)26-12-2-9-22(21(26)28)10-13-25(14-11-22)20(27)16-3-1-4-18(24)15-16/h1,3-8,15H,2,9-14H2. The fourth-order valence-electron chi connectivity index (χ4n) is 4.34. The van der Waals surface area contributed by atoms with Gasteiger partial charge in [-0.1, -0.05) is 6.07 Å². The van der Waals surface area contributed by atoms with Gasteiger partial charge in [0.25, 0.3) is 5.91 Å². The third-order valence-electron chi connectivity index (χ3n) is 5.95. The van der Waals surface area contributed by atoms with Gasteiger partial charge in [0.15, 0.2) is 0 Å². The van der Waals surface area contributed by atoms with Gasteiger partial charge in [0.05, 0.1) is 5.41 Å². The van der Waals surface area contributed by atoms with Gasteiger partial charge in [0.1, 0.15) is 11.6 Å². The fourth-order valence-corrected chi connectivity index (χ4v) is 4.34. The number of nitrogens with zero attached hydrogens (tertiary/aromatic N) is 2. The summed E-state index contributed by atoms with van der Waals surface area (Å²) < 4.78 is 26.6. The maximum absolute atomic E-state index is 13.4. The van der Waals surface area contributed by atoms with E-state index < -0.39 is 11.2 Å². The molecule has 0 aromatic heterocycles. The van der Waals surface area contributed by atoms with E-state index in [-0.39, 0.29) is 17.6 Å². The Hall–Kier alpha value is -2.76. The topological polar surface area (TPSA) is 40.6 Å². The van der Waals surface area contributed by atoms with E-state index in [0.29, 0.717) is 43.7 Å². The summed E-state index contributed by atoms with van der Waals surface area (Å²) >= 11 is 0. The first kappa shape index (κ1) is 18.6. The maximum atomic E-state index is 13.4. The van der Waals surface area contributed by atoms with Crippen molar-refractivity contribution in [2.45, 2.75) is 25.7 Å². The number of anilines is 1. The summed E-state index contributed by atoms with van der Waals surface area (Å²) in [6.45, 7) is 1.56. The molecule has 6 heteroatoms. The van der Waals surface area contributed by atoms with Gasteiger partial charge in [-0.05, 0) is 68.1 Å². The van der Waals surface area contributed by atoms with Gasteiger partial charge in [-0.25, -0.2) is 8.78 Å². The van der Waals surface area contributed by atoms with Crippen LogP contribution in [0.5, 0.6) is 0 Å². The van der Waals surface area contributed by atoms with Crippen molar-refractivity contribution in [3.63, 3.8) is 0 Å². The lowest BCUT2D eigenvalue weighted by atomic mass is 9.71. The Morgan fingerprint density at radius 2 is 1.61 bits per heavy atom. The van der Waals surface area contributed by atoms with E-state index in [2.05, 4.69) is 0 Å². The van der Waals surface area contributed by atoms with Crippen LogP contribution in [0.15, 0.2) is 48.5 Å². The first-order valence-electron chi connectivity index (χ1n) is 9.61. The summed E-state index contributed by atoms with van der Waals surface area (Å²) in [6, 6.07) is 11.7. The summed E-state index contributed by atoms with van der Waals surface area (Å²) in [4.78, 5) is 29.4. The van der Waals surface area contributed by atoms with Crippen molar-refractivity contribution in [2.24, 2.45) is 5.41 Å². The van der Waals surface area contributed by atoms with Crippen molar-refractivity contribution < 1.29 is 18.4 Å². The number of carbonyl (C=O) groups is 2. The van der Waals surface area contributed by atoms with Crippen molar-refractivity contribution in [1.29, 1.82) is 0 Å². The summed E-state index contributed by atoms with van der Waals surface area (Å²) in [7, 11) is 0. The second-order valence-electron chi connectivity index (χ2n) is 7.62. The Balaban J connectivity index is 1.47. The predicted octanol–water partition coefficient (Wildman–Crippen LogP) is 4.01. The molecule has 0 saturated carbocycles. The summed E-state index contributed by atoms with van der Waals surface area (Å²) in [5, 5.41) is 0. The summed E-state index contributed by atoms with van der Waals surface area (Å²) in [5.74, 6) is -0.903. The van der Waals surface area contributed by atoms with Crippen LogP contribution < -0.4 is 4.90 Å². The van der Waals surface area contributed by atoms with E-state index in [4.69, 9.17) is 0 Å². The predicted molar refractivity (Wildman–Crippen MR) is 102 cm³/mol. The average molecular weight is 384 g/mol. The largest absolute Gasteiger partial charge is 0.339 e. The quantitative estimate of drug-likeness (QED) is 0.785. The molecule has 2 amide bonds. The number of amides is 2. The van der Waals surface area contributed by atoms with E-state index >= 15 is 0 Å². The van der Waals surface area contributed by atoms with Gasteiger partial charge in [0, 0.05) is 30.9 Å². The molecule has 0 unspecified atom stereocenters. The zero-order valence-electron chi connectivity index (χ0n) is 15.5. The molecule has 2 heterocycles. The highest BCUT2D eigenvalue weighted by atomic mass is 19.1. The Morgan fingerprint density at radius 1 is 0.893 bits per heavy atom. The van der Waals surface area contributed by atoms with Crippen molar-refractivity contribution in [3.05, 3.63) is 65.7 Å². The van der Waals surface area contributed by atoms with Crippen molar-refractivity contribution >= 4 is 17.5 Å². The molecule has 2 saturated heterocycles. The molecule has 1 spiro atoms. The fraction of sp³-hybridized carbons (Fsp3) is 0.364. The van der Waals surface area contributed by atoms with Gasteiger partial charge < -0.3 is 9.80 Å². The highest BCUT2D eigenvalue weighted by molar-refractivity contribution is 5.99. The Bertz CT molecular complexity index is 890. The second kappa shape index (κ2) is 7.34. The Labute approximate surface area is 162 Å². The van der Waals surface area contributed by atoms with E-state index in [1.165, 1.54) is 30.3 Å². The van der Waals surface area contributed by atoms with Gasteiger partial charge in [-0.3, -0.25) is 9.59 Å². The van der Waals surface area contributed by atoms with Gasteiger partial charge >= 0.3 is 0 Å². The summed E-state index contributed by atoms with van der Waals surface area (Å²) in [5.41, 5.74) is 0.563. The molecule has 2 aliphatic heterocycles. The number of carbonyl (C=O) groups excluding carboxylic acids is 2. The maximum Gasteiger partial charge on any atom is 0.253 e. The van der Waals surface area contributed by atoms with Crippen LogP contribution in [-0.2, 0) is 4.79 Å². The van der Waals surface area contributed by atoms with Crippen molar-refractivity contribution in [3.8, 4) is 0 Å². The molecule has 0 N–H and O–H groups in total. The highest BCUT2D eigenvalue weighted by Gasteiger charge is 2.46. The minimum absolute atomic E-state index is 0.0585. The number of halogens is 2. The molecule has 4 nitrogen and oxygen atoms in total. The van der Waals surface area contributed by atoms with Crippen molar-refractivity contribution in [1.82, 2.24) is 4.90 Å². The van der Waals surface area contributed by atoms with E-state index in [1.807, 2.05) is 0 Å². The third kappa shape index (κ3) is 3.39. The Kier molecular flexibility index (Phi) is 4.87. The van der Waals surface area contributed by atoms with Crippen LogP contribution in [0.1, 0.15) is 36.0 Å². The number of hydrogen-bond donors (Lipinski definition) is 0. The molecular formula is C22H22F2N2O2. The number of likely N-dealkylation sites (tertiary alicyclic amines) is 1. The highest BCUT2D eigenvalue weighted by Crippen LogP contribution is 2.42. The lowest BCUT2D eigenvalue weighted by Crippen LogP contribution is -2.54. The average Bonchev–Trinajstić information content (AvgIpc) is 2.71. The molecule has 2 aromatic rings. The number of hydrogen-bond acceptors (Lipinski definition) is 2. The molecule has 0 radical (unpaired) electrons. The molecule has 0 atom stereocenters. The zero-order chi connectivity index (χ0) is 19.7. The normalized spacial score (nSPS) is 19.1. The SMILES string of the molecule is O=C(c1cccc(F)c1)N1CCC2(CCCN(c3ccc(F)cc3)C2=O)CC1. The molecule has 28 heavy (non-hydrogen) atoms. The first-order valence-corrected chi connectivity index (χ1v) is 9.61. The first-order chi connectivity index (χ1) is 13.5. The minimum Gasteiger partial charge on any atom is -0.339 e. The van der Waals surface area contributed by atoms with Crippen LogP contribution in [0, 0.1) is 17.0 Å². The monoisotopic (exact) mass is 384 g/mol.